The average molecular weight is 337 g/mol. The zero-order valence-electron chi connectivity index (χ0n) is 13.2. The van der Waals surface area contributed by atoms with Gasteiger partial charge in [-0.15, -0.1) is 0 Å². The van der Waals surface area contributed by atoms with Crippen LogP contribution in [0.4, 0.5) is 0 Å². The monoisotopic (exact) mass is 337 g/mol. The van der Waals surface area contributed by atoms with Gasteiger partial charge in [0.2, 0.25) is 0 Å². The van der Waals surface area contributed by atoms with E-state index in [1.807, 2.05) is 0 Å². The van der Waals surface area contributed by atoms with Crippen LogP contribution in [0.3, 0.4) is 0 Å². The molecule has 2 atom stereocenters. The highest BCUT2D eigenvalue weighted by atomic mass is 31.2. The third-order valence-corrected chi connectivity index (χ3v) is 6.60. The van der Waals surface area contributed by atoms with E-state index in [0.717, 1.165) is 12.8 Å². The zero-order chi connectivity index (χ0) is 17.2. The van der Waals surface area contributed by atoms with Crippen LogP contribution in [0.1, 0.15) is 40.0 Å². The lowest BCUT2D eigenvalue weighted by atomic mass is 9.77. The fraction of sp³-hybridized carbons (Fsp3) is 0.467. The van der Waals surface area contributed by atoms with Gasteiger partial charge in [-0.2, -0.15) is 0 Å². The van der Waals surface area contributed by atoms with Gasteiger partial charge in [-0.25, -0.2) is 0 Å². The van der Waals surface area contributed by atoms with Crippen molar-refractivity contribution in [3.8, 4) is 0 Å². The van der Waals surface area contributed by atoms with Gasteiger partial charge in [0.15, 0.2) is 0 Å². The van der Waals surface area contributed by atoms with Crippen LogP contribution in [0.2, 0.25) is 0 Å². The summed E-state index contributed by atoms with van der Waals surface area (Å²) in [6.45, 7) is 3.55. The molecule has 0 spiro atoms. The summed E-state index contributed by atoms with van der Waals surface area (Å²) in [5, 5.41) is 21.2. The number of rotatable bonds is 5. The van der Waals surface area contributed by atoms with Gasteiger partial charge < -0.3 is 19.9 Å². The molecular weight excluding hydrogens is 316 g/mol. The first-order chi connectivity index (χ1) is 10.7. The number of carbonyl (C=O) groups is 2. The van der Waals surface area contributed by atoms with Crippen LogP contribution in [-0.4, -0.2) is 54.4 Å². The summed E-state index contributed by atoms with van der Waals surface area (Å²) < 4.78 is 12.1. The Bertz CT molecular complexity index is 657. The van der Waals surface area contributed by atoms with Gasteiger partial charge in [0.05, 0.1) is 7.14 Å². The van der Waals surface area contributed by atoms with Crippen LogP contribution in [-0.2, 0) is 4.57 Å². The first-order valence-corrected chi connectivity index (χ1v) is 10.2. The van der Waals surface area contributed by atoms with E-state index < -0.39 is 14.3 Å². The van der Waals surface area contributed by atoms with Gasteiger partial charge in [-0.1, -0.05) is 6.07 Å². The van der Waals surface area contributed by atoms with E-state index in [2.05, 4.69) is 5.32 Å². The van der Waals surface area contributed by atoms with Crippen molar-refractivity contribution in [3.63, 3.8) is 0 Å². The maximum atomic E-state index is 12.3. The summed E-state index contributed by atoms with van der Waals surface area (Å²) in [5.74, 6) is -0.320. The smallest absolute Gasteiger partial charge is 0.423 e. The second-order valence-electron chi connectivity index (χ2n) is 6.41. The van der Waals surface area contributed by atoms with Gasteiger partial charge in [0, 0.05) is 22.8 Å². The SMILES string of the molecule is CP(C)(=O)C1CCC(NC(=O)c2ccc(B(O)O)c(C=O)c2)C1. The van der Waals surface area contributed by atoms with Crippen molar-refractivity contribution in [2.45, 2.75) is 31.0 Å². The molecule has 1 aromatic rings. The highest BCUT2D eigenvalue weighted by Gasteiger charge is 2.33. The number of benzene rings is 1. The van der Waals surface area contributed by atoms with Crippen LogP contribution in [0.25, 0.3) is 0 Å². The predicted octanol–water partition coefficient (Wildman–Crippen LogP) is 0.453. The molecule has 1 aliphatic rings. The van der Waals surface area contributed by atoms with Crippen LogP contribution in [0.15, 0.2) is 18.2 Å². The molecule has 3 N–H and O–H groups in total. The molecule has 6 nitrogen and oxygen atoms in total. The van der Waals surface area contributed by atoms with Crippen LogP contribution < -0.4 is 10.8 Å². The van der Waals surface area contributed by atoms with E-state index in [1.165, 1.54) is 18.2 Å². The topological polar surface area (TPSA) is 104 Å². The predicted molar refractivity (Wildman–Crippen MR) is 90.0 cm³/mol. The molecule has 0 heterocycles. The summed E-state index contributed by atoms with van der Waals surface area (Å²) in [6, 6.07) is 4.12. The van der Waals surface area contributed by atoms with Gasteiger partial charge in [-0.3, -0.25) is 9.59 Å². The van der Waals surface area contributed by atoms with Gasteiger partial charge >= 0.3 is 7.12 Å². The number of aldehydes is 1. The molecule has 23 heavy (non-hydrogen) atoms. The standard InChI is InChI=1S/C15H21BNO5P/c1-23(2,22)13-5-4-12(8-13)17-15(19)10-3-6-14(16(20)21)11(7-10)9-18/h3,6-7,9,12-13,20-21H,4-5,8H2,1-2H3,(H,17,19). The molecule has 0 bridgehead atoms. The molecule has 1 saturated carbocycles. The molecule has 0 radical (unpaired) electrons. The quantitative estimate of drug-likeness (QED) is 0.411. The number of carbonyl (C=O) groups excluding carboxylic acids is 2. The lowest BCUT2D eigenvalue weighted by Gasteiger charge is -2.17. The van der Waals surface area contributed by atoms with Crippen LogP contribution in [0, 0.1) is 0 Å². The number of nitrogens with one attached hydrogen (secondary N) is 1. The fourth-order valence-corrected chi connectivity index (χ4v) is 4.51. The summed E-state index contributed by atoms with van der Waals surface area (Å²) in [4.78, 5) is 23.3. The lowest BCUT2D eigenvalue weighted by Crippen LogP contribution is -2.36. The van der Waals surface area contributed by atoms with Crippen molar-refractivity contribution in [3.05, 3.63) is 29.3 Å². The highest BCUT2D eigenvalue weighted by Crippen LogP contribution is 2.49. The minimum atomic E-state index is -2.15. The Morgan fingerprint density at radius 2 is 2.04 bits per heavy atom. The number of hydrogen-bond acceptors (Lipinski definition) is 5. The molecular formula is C15H21BNO5P. The van der Waals surface area contributed by atoms with E-state index in [4.69, 9.17) is 10.0 Å². The maximum absolute atomic E-state index is 12.3. The molecule has 2 rings (SSSR count). The average Bonchev–Trinajstić information content (AvgIpc) is 2.95. The van der Waals surface area contributed by atoms with Gasteiger partial charge in [0.1, 0.15) is 6.29 Å². The molecule has 1 aliphatic carbocycles. The van der Waals surface area contributed by atoms with Gasteiger partial charge in [0.25, 0.3) is 5.91 Å². The van der Waals surface area contributed by atoms with Crippen LogP contribution >= 0.6 is 7.14 Å². The Morgan fingerprint density at radius 3 is 2.57 bits per heavy atom. The Balaban J connectivity index is 2.07. The molecule has 0 saturated heterocycles. The van der Waals surface area contributed by atoms with Crippen molar-refractivity contribution in [1.29, 1.82) is 0 Å². The Kier molecular flexibility index (Phi) is 5.45. The second-order valence-corrected chi connectivity index (χ2v) is 10.0. The Labute approximate surface area is 135 Å². The van der Waals surface area contributed by atoms with E-state index >= 15 is 0 Å². The van der Waals surface area contributed by atoms with E-state index in [9.17, 15) is 14.2 Å². The first-order valence-electron chi connectivity index (χ1n) is 7.53. The first kappa shape index (κ1) is 17.9. The fourth-order valence-electron chi connectivity index (χ4n) is 2.98. The molecule has 1 amide bonds. The Morgan fingerprint density at radius 1 is 1.35 bits per heavy atom. The maximum Gasteiger partial charge on any atom is 0.489 e. The van der Waals surface area contributed by atoms with E-state index in [-0.39, 0.29) is 34.2 Å². The third-order valence-electron chi connectivity index (χ3n) is 4.37. The third kappa shape index (κ3) is 4.31. The highest BCUT2D eigenvalue weighted by molar-refractivity contribution is 7.63. The zero-order valence-corrected chi connectivity index (χ0v) is 14.1. The van der Waals surface area contributed by atoms with Crippen LogP contribution in [0.5, 0.6) is 0 Å². The molecule has 124 valence electrons. The molecule has 1 fully saturated rings. The summed E-state index contributed by atoms with van der Waals surface area (Å²) in [7, 11) is -3.91. The van der Waals surface area contributed by atoms with Crippen molar-refractivity contribution in [2.75, 3.05) is 13.3 Å². The van der Waals surface area contributed by atoms with E-state index in [1.54, 1.807) is 13.3 Å². The van der Waals surface area contributed by atoms with Gasteiger partial charge in [-0.05, 0) is 50.2 Å². The minimum absolute atomic E-state index is 0.0245. The van der Waals surface area contributed by atoms with Crippen molar-refractivity contribution < 1.29 is 24.2 Å². The Hall–Kier alpha value is -1.43. The summed E-state index contributed by atoms with van der Waals surface area (Å²) in [5.41, 5.74) is 0.570. The summed E-state index contributed by atoms with van der Waals surface area (Å²) in [6.07, 6.45) is 2.81. The summed E-state index contributed by atoms with van der Waals surface area (Å²) >= 11 is 0. The van der Waals surface area contributed by atoms with Crippen molar-refractivity contribution in [2.24, 2.45) is 0 Å². The number of amides is 1. The minimum Gasteiger partial charge on any atom is -0.423 e. The normalized spacial score (nSPS) is 21.0. The molecule has 2 unspecified atom stereocenters. The largest absolute Gasteiger partial charge is 0.489 e. The molecule has 1 aromatic carbocycles. The molecule has 0 aromatic heterocycles. The van der Waals surface area contributed by atoms with Crippen molar-refractivity contribution >= 4 is 31.9 Å². The molecule has 8 heteroatoms. The number of hydrogen-bond donors (Lipinski definition) is 3. The van der Waals surface area contributed by atoms with Crippen molar-refractivity contribution in [1.82, 2.24) is 5.32 Å². The lowest BCUT2D eigenvalue weighted by molar-refractivity contribution is 0.0938. The van der Waals surface area contributed by atoms with E-state index in [0.29, 0.717) is 12.7 Å². The second kappa shape index (κ2) is 6.99. The molecule has 0 aliphatic heterocycles.